The van der Waals surface area contributed by atoms with Crippen molar-refractivity contribution in [2.45, 2.75) is 0 Å². The van der Waals surface area contributed by atoms with Crippen LogP contribution < -0.4 is 0 Å². The molecule has 0 spiro atoms. The molecular weight excluding hydrogens is 649 g/mol. The van der Waals surface area contributed by atoms with Crippen molar-refractivity contribution >= 4 is 64.6 Å². The fraction of sp³-hybridized carbons (Fsp3) is 0. The molecule has 11 aromatic carbocycles. The Kier molecular flexibility index (Phi) is 6.97. The second kappa shape index (κ2) is 12.3. The Morgan fingerprint density at radius 2 is 0.630 bits per heavy atom. The van der Waals surface area contributed by atoms with E-state index in [0.29, 0.717) is 0 Å². The van der Waals surface area contributed by atoms with E-state index < -0.39 is 0 Å². The van der Waals surface area contributed by atoms with Crippen molar-refractivity contribution in [2.75, 3.05) is 0 Å². The van der Waals surface area contributed by atoms with Crippen molar-refractivity contribution in [2.24, 2.45) is 0 Å². The Labute approximate surface area is 314 Å². The van der Waals surface area contributed by atoms with Gasteiger partial charge in [0.15, 0.2) is 0 Å². The molecule has 0 bridgehead atoms. The summed E-state index contributed by atoms with van der Waals surface area (Å²) in [6.07, 6.45) is 0. The van der Waals surface area contributed by atoms with Gasteiger partial charge in [-0.05, 0) is 133 Å². The summed E-state index contributed by atoms with van der Waals surface area (Å²) < 4.78 is 0. The zero-order valence-corrected chi connectivity index (χ0v) is 29.6. The lowest BCUT2D eigenvalue weighted by Crippen LogP contribution is -1.94. The first-order valence-electron chi connectivity index (χ1n) is 18.8. The highest BCUT2D eigenvalue weighted by Gasteiger charge is 2.21. The van der Waals surface area contributed by atoms with Crippen LogP contribution in [0.25, 0.3) is 109 Å². The lowest BCUT2D eigenvalue weighted by Gasteiger charge is -2.22. The van der Waals surface area contributed by atoms with Crippen LogP contribution in [0, 0.1) is 0 Å². The Balaban J connectivity index is 1.27. The number of benzene rings is 11. The molecule has 0 aliphatic rings. The normalized spacial score (nSPS) is 11.7. The molecule has 11 rings (SSSR count). The first-order valence-corrected chi connectivity index (χ1v) is 18.8. The second-order valence-corrected chi connectivity index (χ2v) is 14.4. The van der Waals surface area contributed by atoms with E-state index in [9.17, 15) is 0 Å². The van der Waals surface area contributed by atoms with Crippen LogP contribution in [-0.2, 0) is 0 Å². The Morgan fingerprint density at radius 3 is 1.33 bits per heavy atom. The van der Waals surface area contributed by atoms with Crippen molar-refractivity contribution in [3.05, 3.63) is 206 Å². The highest BCUT2D eigenvalue weighted by atomic mass is 14.2. The van der Waals surface area contributed by atoms with Crippen LogP contribution in [-0.4, -0.2) is 0 Å². The number of hydrogen-bond donors (Lipinski definition) is 0. The molecule has 0 N–H and O–H groups in total. The summed E-state index contributed by atoms with van der Waals surface area (Å²) in [4.78, 5) is 0. The SMILES string of the molecule is c1ccc(-c2c3ccccc3c(-c3cc4ccccc4c4ccccc34)c3cc(-c4ccc5ccccc5c4)ccc23)c(-c2ccc3ccccc3c2)c1. The molecule has 0 aliphatic carbocycles. The maximum absolute atomic E-state index is 2.45. The van der Waals surface area contributed by atoms with Crippen LogP contribution in [0.3, 0.4) is 0 Å². The van der Waals surface area contributed by atoms with Crippen molar-refractivity contribution in [3.8, 4) is 44.5 Å². The fourth-order valence-corrected chi connectivity index (χ4v) is 8.88. The zero-order valence-electron chi connectivity index (χ0n) is 29.6. The van der Waals surface area contributed by atoms with E-state index in [4.69, 9.17) is 0 Å². The molecule has 11 aromatic rings. The second-order valence-electron chi connectivity index (χ2n) is 14.4. The van der Waals surface area contributed by atoms with Gasteiger partial charge in [0.1, 0.15) is 0 Å². The van der Waals surface area contributed by atoms with Gasteiger partial charge < -0.3 is 0 Å². The summed E-state index contributed by atoms with van der Waals surface area (Å²) in [5.41, 5.74) is 9.93. The molecule has 0 heterocycles. The molecule has 250 valence electrons. The third kappa shape index (κ3) is 4.85. The third-order valence-corrected chi connectivity index (χ3v) is 11.4. The van der Waals surface area contributed by atoms with E-state index in [1.165, 1.54) is 109 Å². The summed E-state index contributed by atoms with van der Waals surface area (Å²) in [6, 6.07) is 76.3. The van der Waals surface area contributed by atoms with Crippen molar-refractivity contribution in [3.63, 3.8) is 0 Å². The largest absolute Gasteiger partial charge is 0.0616 e. The van der Waals surface area contributed by atoms with Crippen LogP contribution in [0.15, 0.2) is 206 Å². The highest BCUT2D eigenvalue weighted by molar-refractivity contribution is 6.26. The van der Waals surface area contributed by atoms with Gasteiger partial charge in [0.05, 0.1) is 0 Å². The first kappa shape index (κ1) is 30.6. The summed E-state index contributed by atoms with van der Waals surface area (Å²) >= 11 is 0. The van der Waals surface area contributed by atoms with Crippen molar-refractivity contribution in [1.82, 2.24) is 0 Å². The minimum atomic E-state index is 1.21. The molecule has 0 radical (unpaired) electrons. The topological polar surface area (TPSA) is 0 Å². The van der Waals surface area contributed by atoms with Gasteiger partial charge in [0, 0.05) is 0 Å². The maximum atomic E-state index is 2.45. The summed E-state index contributed by atoms with van der Waals surface area (Å²) in [7, 11) is 0. The minimum Gasteiger partial charge on any atom is -0.0616 e. The summed E-state index contributed by atoms with van der Waals surface area (Å²) in [5.74, 6) is 0. The van der Waals surface area contributed by atoms with Crippen LogP contribution in [0.5, 0.6) is 0 Å². The molecule has 0 aromatic heterocycles. The van der Waals surface area contributed by atoms with Crippen LogP contribution in [0.1, 0.15) is 0 Å². The molecule has 0 aliphatic heterocycles. The predicted molar refractivity (Wildman–Crippen MR) is 233 cm³/mol. The van der Waals surface area contributed by atoms with E-state index in [0.717, 1.165) is 0 Å². The van der Waals surface area contributed by atoms with Crippen molar-refractivity contribution in [1.29, 1.82) is 0 Å². The average molecular weight is 683 g/mol. The smallest absolute Gasteiger partial charge is 0.00197 e. The number of hydrogen-bond acceptors (Lipinski definition) is 0. The quantitative estimate of drug-likeness (QED) is 0.128. The van der Waals surface area contributed by atoms with Gasteiger partial charge in [-0.1, -0.05) is 182 Å². The molecule has 0 atom stereocenters. The number of fused-ring (bicyclic) bond motifs is 7. The summed E-state index contributed by atoms with van der Waals surface area (Å²) in [5, 5.41) is 15.1. The Morgan fingerprint density at radius 1 is 0.185 bits per heavy atom. The monoisotopic (exact) mass is 682 g/mol. The maximum Gasteiger partial charge on any atom is -0.00197 e. The van der Waals surface area contributed by atoms with Gasteiger partial charge in [-0.15, -0.1) is 0 Å². The molecular formula is C54H34. The van der Waals surface area contributed by atoms with E-state index in [2.05, 4.69) is 206 Å². The molecule has 0 saturated heterocycles. The summed E-state index contributed by atoms with van der Waals surface area (Å²) in [6.45, 7) is 0. The zero-order chi connectivity index (χ0) is 35.6. The van der Waals surface area contributed by atoms with Crippen LogP contribution >= 0.6 is 0 Å². The molecule has 0 unspecified atom stereocenters. The van der Waals surface area contributed by atoms with E-state index in [-0.39, 0.29) is 0 Å². The first-order chi connectivity index (χ1) is 26.8. The highest BCUT2D eigenvalue weighted by Crippen LogP contribution is 2.49. The lowest BCUT2D eigenvalue weighted by atomic mass is 9.81. The van der Waals surface area contributed by atoms with Crippen molar-refractivity contribution < 1.29 is 0 Å². The molecule has 0 heteroatoms. The standard InChI is InChI=1S/C54H34/c1-3-15-37-31-39(27-25-35(37)13-1)40-29-30-50-52(33-40)54(51-34-41-17-5-6-18-43(41)45-20-8-9-21-46(45)51)49-24-12-11-23-48(49)53(50)47-22-10-7-19-44(47)42-28-26-36-14-2-4-16-38(36)32-42/h1-34H. The molecule has 0 fully saturated rings. The minimum absolute atomic E-state index is 1.21. The predicted octanol–water partition coefficient (Wildman–Crippen LogP) is 15.3. The van der Waals surface area contributed by atoms with E-state index >= 15 is 0 Å². The van der Waals surface area contributed by atoms with Gasteiger partial charge in [-0.3, -0.25) is 0 Å². The molecule has 54 heavy (non-hydrogen) atoms. The molecule has 0 saturated carbocycles. The number of rotatable bonds is 4. The molecule has 0 nitrogen and oxygen atoms in total. The van der Waals surface area contributed by atoms with Crippen LogP contribution in [0.2, 0.25) is 0 Å². The average Bonchev–Trinajstić information content (AvgIpc) is 3.25. The van der Waals surface area contributed by atoms with Gasteiger partial charge >= 0.3 is 0 Å². The van der Waals surface area contributed by atoms with E-state index in [1.54, 1.807) is 0 Å². The van der Waals surface area contributed by atoms with E-state index in [1.807, 2.05) is 0 Å². The van der Waals surface area contributed by atoms with Crippen LogP contribution in [0.4, 0.5) is 0 Å². The Hall–Kier alpha value is -7.02. The lowest BCUT2D eigenvalue weighted by molar-refractivity contribution is 1.62. The van der Waals surface area contributed by atoms with Gasteiger partial charge in [-0.2, -0.15) is 0 Å². The molecule has 0 amide bonds. The van der Waals surface area contributed by atoms with Gasteiger partial charge in [0.2, 0.25) is 0 Å². The fourth-order valence-electron chi connectivity index (χ4n) is 8.88. The Bertz CT molecular complexity index is 3270. The van der Waals surface area contributed by atoms with Gasteiger partial charge in [-0.25, -0.2) is 0 Å². The third-order valence-electron chi connectivity index (χ3n) is 11.4. The van der Waals surface area contributed by atoms with Gasteiger partial charge in [0.25, 0.3) is 0 Å².